The Kier molecular flexibility index (Phi) is 5.19. The minimum atomic E-state index is 0.785. The van der Waals surface area contributed by atoms with Crippen molar-refractivity contribution in [3.63, 3.8) is 0 Å². The summed E-state index contributed by atoms with van der Waals surface area (Å²) in [5.41, 5.74) is 5.24. The molecule has 0 fully saturated rings. The Morgan fingerprint density at radius 3 is 2.95 bits per heavy atom. The molecule has 2 aromatic rings. The van der Waals surface area contributed by atoms with Crippen molar-refractivity contribution < 1.29 is 0 Å². The molecule has 0 saturated carbocycles. The summed E-state index contributed by atoms with van der Waals surface area (Å²) in [6, 6.07) is 6.03. The summed E-state index contributed by atoms with van der Waals surface area (Å²) >= 11 is 7.93. The van der Waals surface area contributed by atoms with Crippen LogP contribution in [0.25, 0.3) is 0 Å². The highest BCUT2D eigenvalue weighted by Gasteiger charge is 2.11. The molecule has 1 heterocycles. The van der Waals surface area contributed by atoms with Crippen molar-refractivity contribution in [3.8, 4) is 0 Å². The first kappa shape index (κ1) is 14.3. The number of thiazole rings is 1. The Balaban J connectivity index is 2.20. The van der Waals surface area contributed by atoms with Crippen LogP contribution in [-0.2, 0) is 13.1 Å². The minimum Gasteiger partial charge on any atom is -0.368 e. The van der Waals surface area contributed by atoms with Crippen molar-refractivity contribution in [1.82, 2.24) is 10.3 Å². The Morgan fingerprint density at radius 1 is 1.42 bits per heavy atom. The Labute approximate surface area is 123 Å². The van der Waals surface area contributed by atoms with Crippen LogP contribution in [0.2, 0.25) is 5.02 Å². The van der Waals surface area contributed by atoms with Crippen molar-refractivity contribution in [2.24, 2.45) is 0 Å². The average molecular weight is 296 g/mol. The van der Waals surface area contributed by atoms with Gasteiger partial charge in [-0.05, 0) is 18.7 Å². The average Bonchev–Trinajstić information content (AvgIpc) is 2.90. The first-order valence-electron chi connectivity index (χ1n) is 6.28. The molecule has 0 radical (unpaired) electrons. The maximum absolute atomic E-state index is 6.31. The molecule has 0 aliphatic rings. The summed E-state index contributed by atoms with van der Waals surface area (Å²) in [4.78, 5) is 6.51. The molecule has 0 bridgehead atoms. The number of hydrogen-bond donors (Lipinski definition) is 1. The fraction of sp³-hybridized carbons (Fsp3) is 0.357. The van der Waals surface area contributed by atoms with Crippen molar-refractivity contribution in [2.75, 3.05) is 18.5 Å². The number of anilines is 1. The zero-order valence-corrected chi connectivity index (χ0v) is 12.8. The number of nitrogens with zero attached hydrogens (tertiary/aromatic N) is 2. The summed E-state index contributed by atoms with van der Waals surface area (Å²) in [5.74, 6) is 0. The van der Waals surface area contributed by atoms with Gasteiger partial charge >= 0.3 is 0 Å². The summed E-state index contributed by atoms with van der Waals surface area (Å²) in [7, 11) is 2.07. The molecule has 0 saturated heterocycles. The van der Waals surface area contributed by atoms with Crippen LogP contribution in [0.1, 0.15) is 18.2 Å². The van der Waals surface area contributed by atoms with Crippen molar-refractivity contribution in [3.05, 3.63) is 45.4 Å². The molecule has 0 unspecified atom stereocenters. The third kappa shape index (κ3) is 3.69. The molecule has 0 atom stereocenters. The van der Waals surface area contributed by atoms with Crippen LogP contribution in [0.4, 0.5) is 5.69 Å². The highest BCUT2D eigenvalue weighted by molar-refractivity contribution is 7.07. The zero-order valence-electron chi connectivity index (χ0n) is 11.2. The van der Waals surface area contributed by atoms with Crippen LogP contribution in [0.5, 0.6) is 0 Å². The molecule has 2 rings (SSSR count). The van der Waals surface area contributed by atoms with E-state index in [1.165, 1.54) is 0 Å². The first-order valence-corrected chi connectivity index (χ1v) is 7.60. The first-order chi connectivity index (χ1) is 9.22. The zero-order chi connectivity index (χ0) is 13.7. The van der Waals surface area contributed by atoms with E-state index in [1.807, 2.05) is 17.6 Å². The topological polar surface area (TPSA) is 28.2 Å². The molecule has 0 aliphatic heterocycles. The molecule has 5 heteroatoms. The predicted octanol–water partition coefficient (Wildman–Crippen LogP) is 3.54. The Morgan fingerprint density at radius 2 is 2.26 bits per heavy atom. The van der Waals surface area contributed by atoms with Gasteiger partial charge in [-0.3, -0.25) is 0 Å². The SMILES string of the molecule is CCNCc1c(Cl)cccc1N(C)Cc1cscn1. The molecule has 0 spiro atoms. The third-order valence-corrected chi connectivity index (χ3v) is 3.93. The van der Waals surface area contributed by atoms with E-state index in [0.717, 1.165) is 41.6 Å². The predicted molar refractivity (Wildman–Crippen MR) is 83.1 cm³/mol. The Hall–Kier alpha value is -1.10. The van der Waals surface area contributed by atoms with Crippen LogP contribution >= 0.6 is 22.9 Å². The maximum atomic E-state index is 6.31. The molecule has 0 aliphatic carbocycles. The minimum absolute atomic E-state index is 0.785. The number of nitrogens with one attached hydrogen (secondary N) is 1. The maximum Gasteiger partial charge on any atom is 0.0795 e. The molecular weight excluding hydrogens is 278 g/mol. The van der Waals surface area contributed by atoms with Gasteiger partial charge in [-0.25, -0.2) is 4.98 Å². The monoisotopic (exact) mass is 295 g/mol. The van der Waals surface area contributed by atoms with Crippen LogP contribution in [0.15, 0.2) is 29.1 Å². The van der Waals surface area contributed by atoms with E-state index in [1.54, 1.807) is 11.3 Å². The number of aromatic nitrogens is 1. The van der Waals surface area contributed by atoms with Gasteiger partial charge < -0.3 is 10.2 Å². The van der Waals surface area contributed by atoms with Crippen LogP contribution in [0, 0.1) is 0 Å². The lowest BCUT2D eigenvalue weighted by Crippen LogP contribution is -2.21. The fourth-order valence-corrected chi connectivity index (χ4v) is 2.76. The van der Waals surface area contributed by atoms with Gasteiger partial charge in [0.1, 0.15) is 0 Å². The fourth-order valence-electron chi connectivity index (χ4n) is 1.97. The molecular formula is C14H18ClN3S. The molecule has 1 aromatic heterocycles. The summed E-state index contributed by atoms with van der Waals surface area (Å²) in [5, 5.41) is 6.22. The van der Waals surface area contributed by atoms with Crippen molar-refractivity contribution in [1.29, 1.82) is 0 Å². The standard InChI is InChI=1S/C14H18ClN3S/c1-3-16-7-12-13(15)5-4-6-14(12)18(2)8-11-9-19-10-17-11/h4-6,9-10,16H,3,7-8H2,1-2H3. The lowest BCUT2D eigenvalue weighted by molar-refractivity contribution is 0.723. The highest BCUT2D eigenvalue weighted by atomic mass is 35.5. The second-order valence-electron chi connectivity index (χ2n) is 4.35. The molecule has 1 aromatic carbocycles. The smallest absolute Gasteiger partial charge is 0.0795 e. The van der Waals surface area contributed by atoms with E-state index in [9.17, 15) is 0 Å². The van der Waals surface area contributed by atoms with Gasteiger partial charge in [0.15, 0.2) is 0 Å². The van der Waals surface area contributed by atoms with Gasteiger partial charge in [-0.1, -0.05) is 24.6 Å². The van der Waals surface area contributed by atoms with Crippen LogP contribution in [-0.4, -0.2) is 18.6 Å². The number of halogens is 1. The molecule has 0 amide bonds. The lowest BCUT2D eigenvalue weighted by Gasteiger charge is -2.22. The van der Waals surface area contributed by atoms with E-state index in [2.05, 4.69) is 40.6 Å². The second kappa shape index (κ2) is 6.89. The summed E-state index contributed by atoms with van der Waals surface area (Å²) in [6.07, 6.45) is 0. The number of benzene rings is 1. The normalized spacial score (nSPS) is 10.7. The van der Waals surface area contributed by atoms with Gasteiger partial charge in [0.25, 0.3) is 0 Å². The number of hydrogen-bond acceptors (Lipinski definition) is 4. The van der Waals surface area contributed by atoms with Crippen LogP contribution in [0.3, 0.4) is 0 Å². The van der Waals surface area contributed by atoms with Gasteiger partial charge in [0.2, 0.25) is 0 Å². The van der Waals surface area contributed by atoms with Crippen LogP contribution < -0.4 is 10.2 Å². The van der Waals surface area contributed by atoms with E-state index < -0.39 is 0 Å². The Bertz CT molecular complexity index is 513. The quantitative estimate of drug-likeness (QED) is 0.883. The molecule has 3 nitrogen and oxygen atoms in total. The van der Waals surface area contributed by atoms with E-state index in [0.29, 0.717) is 0 Å². The second-order valence-corrected chi connectivity index (χ2v) is 5.48. The van der Waals surface area contributed by atoms with Crippen molar-refractivity contribution in [2.45, 2.75) is 20.0 Å². The largest absolute Gasteiger partial charge is 0.368 e. The molecule has 102 valence electrons. The highest BCUT2D eigenvalue weighted by Crippen LogP contribution is 2.27. The van der Waals surface area contributed by atoms with E-state index in [-0.39, 0.29) is 0 Å². The van der Waals surface area contributed by atoms with Gasteiger partial charge in [-0.2, -0.15) is 0 Å². The third-order valence-electron chi connectivity index (χ3n) is 2.94. The van der Waals surface area contributed by atoms with E-state index in [4.69, 9.17) is 11.6 Å². The lowest BCUT2D eigenvalue weighted by atomic mass is 10.1. The molecule has 1 N–H and O–H groups in total. The van der Waals surface area contributed by atoms with Crippen molar-refractivity contribution >= 4 is 28.6 Å². The molecule has 19 heavy (non-hydrogen) atoms. The van der Waals surface area contributed by atoms with Gasteiger partial charge in [0, 0.05) is 35.2 Å². The van der Waals surface area contributed by atoms with Gasteiger partial charge in [0.05, 0.1) is 17.7 Å². The van der Waals surface area contributed by atoms with E-state index >= 15 is 0 Å². The summed E-state index contributed by atoms with van der Waals surface area (Å²) < 4.78 is 0. The van der Waals surface area contributed by atoms with Gasteiger partial charge in [-0.15, -0.1) is 11.3 Å². The number of rotatable bonds is 6. The summed E-state index contributed by atoms with van der Waals surface area (Å²) in [6.45, 7) is 4.60.